The van der Waals surface area contributed by atoms with Crippen molar-refractivity contribution in [1.29, 1.82) is 0 Å². The molecule has 0 bridgehead atoms. The second kappa shape index (κ2) is 8.02. The number of rotatable bonds is 7. The largest absolute Gasteiger partial charge is 0.497 e. The van der Waals surface area contributed by atoms with Crippen molar-refractivity contribution in [3.8, 4) is 11.5 Å². The maximum atomic E-state index is 12.5. The third-order valence-corrected chi connectivity index (χ3v) is 4.39. The number of thioether (sulfide) groups is 1. The number of aliphatic hydroxyl groups excluding tert-OH is 1. The molecule has 9 heteroatoms. The Morgan fingerprint density at radius 1 is 1.33 bits per heavy atom. The summed E-state index contributed by atoms with van der Waals surface area (Å²) in [6.45, 7) is -0.0834. The van der Waals surface area contributed by atoms with Gasteiger partial charge in [0.15, 0.2) is 0 Å². The average molecular weight is 354 g/mol. The van der Waals surface area contributed by atoms with E-state index in [-0.39, 0.29) is 19.6 Å². The zero-order chi connectivity index (χ0) is 17.7. The lowest BCUT2D eigenvalue weighted by atomic mass is 10.2. The van der Waals surface area contributed by atoms with E-state index < -0.39 is 22.3 Å². The topological polar surface area (TPSA) is 105 Å². The number of methoxy groups -OCH3 is 2. The highest BCUT2D eigenvalue weighted by atomic mass is 32.2. The number of anilines is 1. The minimum Gasteiger partial charge on any atom is -0.497 e. The number of nitrogens with one attached hydrogen (secondary N) is 1. The lowest BCUT2D eigenvalue weighted by molar-refractivity contribution is -0.124. The summed E-state index contributed by atoms with van der Waals surface area (Å²) in [7, 11) is 2.92. The first-order chi connectivity index (χ1) is 11.5. The van der Waals surface area contributed by atoms with Crippen molar-refractivity contribution >= 4 is 34.5 Å². The molecule has 3 amide bonds. The number of hydrogen-bond donors (Lipinski definition) is 2. The summed E-state index contributed by atoms with van der Waals surface area (Å²) >= 11 is 0.795. The minimum atomic E-state index is -0.803. The van der Waals surface area contributed by atoms with Crippen LogP contribution in [-0.2, 0) is 9.59 Å². The van der Waals surface area contributed by atoms with Gasteiger partial charge in [-0.1, -0.05) is 0 Å². The highest BCUT2D eigenvalue weighted by Gasteiger charge is 2.42. The Morgan fingerprint density at radius 3 is 2.71 bits per heavy atom. The van der Waals surface area contributed by atoms with E-state index in [0.717, 1.165) is 16.7 Å². The number of ether oxygens (including phenoxy) is 2. The molecule has 1 aromatic carbocycles. The Kier molecular flexibility index (Phi) is 6.04. The van der Waals surface area contributed by atoms with Crippen molar-refractivity contribution < 1.29 is 29.0 Å². The summed E-state index contributed by atoms with van der Waals surface area (Å²) in [6, 6.07) is 4.74. The van der Waals surface area contributed by atoms with E-state index in [1.54, 1.807) is 18.2 Å². The monoisotopic (exact) mass is 354 g/mol. The molecule has 0 saturated carbocycles. The van der Waals surface area contributed by atoms with E-state index in [2.05, 4.69) is 5.32 Å². The normalized spacial score (nSPS) is 17.1. The summed E-state index contributed by atoms with van der Waals surface area (Å²) in [4.78, 5) is 37.4. The summed E-state index contributed by atoms with van der Waals surface area (Å²) in [5.74, 6) is -0.0248. The van der Waals surface area contributed by atoms with Crippen molar-refractivity contribution in [2.24, 2.45) is 0 Å². The third kappa shape index (κ3) is 3.80. The standard InChI is InChI=1S/C15H18N2O6S/c1-22-9-3-4-10(11(7-9)23-2)17-14(20)12(24-15(17)21)8-13(19)16-5-6-18/h3-4,7,12,18H,5-6,8H2,1-2H3,(H,16,19). The maximum Gasteiger partial charge on any atom is 0.293 e. The van der Waals surface area contributed by atoms with Crippen LogP contribution in [0.25, 0.3) is 0 Å². The Balaban J connectivity index is 2.19. The number of imide groups is 1. The fourth-order valence-corrected chi connectivity index (χ4v) is 3.19. The molecule has 0 aromatic heterocycles. The summed E-state index contributed by atoms with van der Waals surface area (Å²) in [5, 5.41) is 9.88. The van der Waals surface area contributed by atoms with Gasteiger partial charge in [-0.25, -0.2) is 4.90 Å². The Hall–Kier alpha value is -2.26. The van der Waals surface area contributed by atoms with Crippen LogP contribution < -0.4 is 19.7 Å². The van der Waals surface area contributed by atoms with E-state index in [1.807, 2.05) is 0 Å². The molecule has 1 aromatic rings. The molecule has 1 fully saturated rings. The molecule has 1 atom stereocenters. The van der Waals surface area contributed by atoms with Gasteiger partial charge in [-0.2, -0.15) is 0 Å². The van der Waals surface area contributed by atoms with Gasteiger partial charge in [-0.3, -0.25) is 14.4 Å². The Bertz CT molecular complexity index is 651. The summed E-state index contributed by atoms with van der Waals surface area (Å²) in [6.07, 6.45) is -0.135. The SMILES string of the molecule is COc1ccc(N2C(=O)SC(CC(=O)NCCO)C2=O)c(OC)c1. The van der Waals surface area contributed by atoms with E-state index in [0.29, 0.717) is 17.2 Å². The van der Waals surface area contributed by atoms with E-state index in [1.165, 1.54) is 14.2 Å². The predicted octanol–water partition coefficient (Wildman–Crippen LogP) is 0.771. The second-order valence-corrected chi connectivity index (χ2v) is 6.02. The zero-order valence-corrected chi connectivity index (χ0v) is 14.1. The number of amides is 3. The number of hydrogen-bond acceptors (Lipinski definition) is 7. The summed E-state index contributed by atoms with van der Waals surface area (Å²) in [5.41, 5.74) is 0.305. The first kappa shape index (κ1) is 18.1. The number of carbonyl (C=O) groups is 3. The molecule has 0 spiro atoms. The molecule has 2 rings (SSSR count). The predicted molar refractivity (Wildman–Crippen MR) is 88.5 cm³/mol. The number of nitrogens with zero attached hydrogens (tertiary/aromatic N) is 1. The van der Waals surface area contributed by atoms with E-state index in [4.69, 9.17) is 14.6 Å². The highest BCUT2D eigenvalue weighted by Crippen LogP contribution is 2.39. The van der Waals surface area contributed by atoms with Gasteiger partial charge in [0.2, 0.25) is 11.8 Å². The quantitative estimate of drug-likeness (QED) is 0.745. The van der Waals surface area contributed by atoms with Crippen molar-refractivity contribution in [3.05, 3.63) is 18.2 Å². The third-order valence-electron chi connectivity index (χ3n) is 3.35. The zero-order valence-electron chi connectivity index (χ0n) is 13.3. The molecule has 0 aliphatic carbocycles. The van der Waals surface area contributed by atoms with Crippen LogP contribution in [0.15, 0.2) is 18.2 Å². The molecular weight excluding hydrogens is 336 g/mol. The van der Waals surface area contributed by atoms with Crippen LogP contribution in [-0.4, -0.2) is 54.8 Å². The number of benzene rings is 1. The molecule has 8 nitrogen and oxygen atoms in total. The van der Waals surface area contributed by atoms with Crippen LogP contribution in [0.3, 0.4) is 0 Å². The molecule has 1 aliphatic rings. The average Bonchev–Trinajstić information content (AvgIpc) is 2.86. The van der Waals surface area contributed by atoms with E-state index >= 15 is 0 Å². The van der Waals surface area contributed by atoms with Gasteiger partial charge >= 0.3 is 0 Å². The Labute approximate surface area is 143 Å². The molecule has 0 radical (unpaired) electrons. The van der Waals surface area contributed by atoms with Gasteiger partial charge in [0.1, 0.15) is 16.7 Å². The van der Waals surface area contributed by atoms with Crippen LogP contribution in [0.5, 0.6) is 11.5 Å². The highest BCUT2D eigenvalue weighted by molar-refractivity contribution is 8.15. The maximum absolute atomic E-state index is 12.5. The van der Waals surface area contributed by atoms with Crippen LogP contribution in [0.1, 0.15) is 6.42 Å². The van der Waals surface area contributed by atoms with Crippen LogP contribution >= 0.6 is 11.8 Å². The lowest BCUT2D eigenvalue weighted by Crippen LogP contribution is -2.35. The number of aliphatic hydroxyl groups is 1. The van der Waals surface area contributed by atoms with Crippen LogP contribution in [0.2, 0.25) is 0 Å². The van der Waals surface area contributed by atoms with Gasteiger partial charge in [0, 0.05) is 19.0 Å². The first-order valence-corrected chi connectivity index (χ1v) is 8.04. The fraction of sp³-hybridized carbons (Fsp3) is 0.400. The van der Waals surface area contributed by atoms with Gasteiger partial charge in [-0.15, -0.1) is 0 Å². The molecular formula is C15H18N2O6S. The molecule has 1 unspecified atom stereocenters. The minimum absolute atomic E-state index is 0.106. The molecule has 1 aliphatic heterocycles. The number of carbonyl (C=O) groups excluding carboxylic acids is 3. The molecule has 2 N–H and O–H groups in total. The Morgan fingerprint density at radius 2 is 2.08 bits per heavy atom. The van der Waals surface area contributed by atoms with Gasteiger partial charge in [-0.05, 0) is 23.9 Å². The smallest absolute Gasteiger partial charge is 0.293 e. The van der Waals surface area contributed by atoms with Gasteiger partial charge in [0.25, 0.3) is 5.24 Å². The van der Waals surface area contributed by atoms with E-state index in [9.17, 15) is 14.4 Å². The molecule has 1 heterocycles. The van der Waals surface area contributed by atoms with Gasteiger partial charge < -0.3 is 19.9 Å². The fourth-order valence-electron chi connectivity index (χ4n) is 2.21. The van der Waals surface area contributed by atoms with Crippen molar-refractivity contribution in [1.82, 2.24) is 5.32 Å². The van der Waals surface area contributed by atoms with Crippen molar-refractivity contribution in [2.45, 2.75) is 11.7 Å². The second-order valence-electron chi connectivity index (χ2n) is 4.86. The molecule has 1 saturated heterocycles. The molecule has 130 valence electrons. The summed E-state index contributed by atoms with van der Waals surface area (Å²) < 4.78 is 10.3. The lowest BCUT2D eigenvalue weighted by Gasteiger charge is -2.17. The van der Waals surface area contributed by atoms with Gasteiger partial charge in [0.05, 0.1) is 26.5 Å². The van der Waals surface area contributed by atoms with Crippen molar-refractivity contribution in [3.63, 3.8) is 0 Å². The van der Waals surface area contributed by atoms with Crippen LogP contribution in [0, 0.1) is 0 Å². The molecule has 24 heavy (non-hydrogen) atoms. The van der Waals surface area contributed by atoms with Crippen molar-refractivity contribution in [2.75, 3.05) is 32.3 Å². The first-order valence-electron chi connectivity index (χ1n) is 7.16. The van der Waals surface area contributed by atoms with Crippen LogP contribution in [0.4, 0.5) is 10.5 Å².